The van der Waals surface area contributed by atoms with Gasteiger partial charge in [-0.2, -0.15) is 0 Å². The van der Waals surface area contributed by atoms with E-state index < -0.39 is 0 Å². The van der Waals surface area contributed by atoms with Gasteiger partial charge in [0.1, 0.15) is 0 Å². The maximum absolute atomic E-state index is 3.79. The topological polar surface area (TPSA) is 3.24 Å². The molecule has 0 aromatic heterocycles. The minimum Gasteiger partial charge on any atom is -0.310 e. The lowest BCUT2D eigenvalue weighted by molar-refractivity contribution is 1.28. The average molecular weight is 526 g/mol. The summed E-state index contributed by atoms with van der Waals surface area (Å²) in [5.74, 6) is 0. The SMILES string of the molecule is Brc1cc(N(c2ccccc2)c2ccccc2)ccc1-c1ccc(I)cc1. The maximum Gasteiger partial charge on any atom is 0.0473 e. The van der Waals surface area contributed by atoms with Crippen LogP contribution in [0.15, 0.2) is 108 Å². The molecule has 0 heterocycles. The van der Waals surface area contributed by atoms with Crippen molar-refractivity contribution in [2.45, 2.75) is 0 Å². The lowest BCUT2D eigenvalue weighted by atomic mass is 10.0. The molecule has 1 nitrogen and oxygen atoms in total. The van der Waals surface area contributed by atoms with Crippen LogP contribution in [0.3, 0.4) is 0 Å². The van der Waals surface area contributed by atoms with Crippen LogP contribution in [0.25, 0.3) is 11.1 Å². The summed E-state index contributed by atoms with van der Waals surface area (Å²) in [6, 6.07) is 36.0. The van der Waals surface area contributed by atoms with E-state index >= 15 is 0 Å². The van der Waals surface area contributed by atoms with Crippen molar-refractivity contribution >= 4 is 55.6 Å². The summed E-state index contributed by atoms with van der Waals surface area (Å²) in [5, 5.41) is 0. The van der Waals surface area contributed by atoms with E-state index in [0.29, 0.717) is 0 Å². The molecule has 27 heavy (non-hydrogen) atoms. The monoisotopic (exact) mass is 525 g/mol. The minimum atomic E-state index is 1.08. The molecule has 0 atom stereocenters. The largest absolute Gasteiger partial charge is 0.310 e. The van der Waals surface area contributed by atoms with Gasteiger partial charge in [-0.05, 0) is 82.2 Å². The molecule has 0 saturated heterocycles. The van der Waals surface area contributed by atoms with Gasteiger partial charge in [-0.3, -0.25) is 0 Å². The number of para-hydroxylation sites is 2. The van der Waals surface area contributed by atoms with Crippen LogP contribution >= 0.6 is 38.5 Å². The zero-order valence-corrected chi connectivity index (χ0v) is 18.3. The molecule has 0 saturated carbocycles. The molecule has 4 aromatic rings. The molecule has 0 aliphatic heterocycles. The van der Waals surface area contributed by atoms with Crippen molar-refractivity contribution in [2.24, 2.45) is 0 Å². The van der Waals surface area contributed by atoms with Crippen LogP contribution in [0.4, 0.5) is 17.1 Å². The van der Waals surface area contributed by atoms with Crippen molar-refractivity contribution in [3.8, 4) is 11.1 Å². The quantitative estimate of drug-likeness (QED) is 0.243. The maximum atomic E-state index is 3.79. The zero-order chi connectivity index (χ0) is 18.6. The predicted octanol–water partition coefficient (Wildman–Crippen LogP) is 8.19. The predicted molar refractivity (Wildman–Crippen MR) is 127 cm³/mol. The van der Waals surface area contributed by atoms with Crippen LogP contribution in [0.2, 0.25) is 0 Å². The number of hydrogen-bond acceptors (Lipinski definition) is 1. The first kappa shape index (κ1) is 18.3. The number of halogens is 2. The Morgan fingerprint density at radius 2 is 1.15 bits per heavy atom. The molecule has 0 unspecified atom stereocenters. The van der Waals surface area contributed by atoms with Gasteiger partial charge in [0.05, 0.1) is 0 Å². The molecule has 0 aliphatic rings. The average Bonchev–Trinajstić information content (AvgIpc) is 2.71. The van der Waals surface area contributed by atoms with Crippen LogP contribution in [0, 0.1) is 3.57 Å². The molecule has 0 spiro atoms. The normalized spacial score (nSPS) is 10.6. The Kier molecular flexibility index (Phi) is 5.60. The summed E-state index contributed by atoms with van der Waals surface area (Å²) in [6.45, 7) is 0. The third-order valence-electron chi connectivity index (χ3n) is 4.39. The van der Waals surface area contributed by atoms with E-state index in [1.807, 2.05) is 12.1 Å². The Bertz CT molecular complexity index is 991. The smallest absolute Gasteiger partial charge is 0.0473 e. The molecule has 0 fully saturated rings. The van der Waals surface area contributed by atoms with Gasteiger partial charge in [-0.15, -0.1) is 0 Å². The van der Waals surface area contributed by atoms with Gasteiger partial charge in [0.15, 0.2) is 0 Å². The summed E-state index contributed by atoms with van der Waals surface area (Å²) in [6.07, 6.45) is 0. The van der Waals surface area contributed by atoms with Gasteiger partial charge in [-0.25, -0.2) is 0 Å². The summed E-state index contributed by atoms with van der Waals surface area (Å²) >= 11 is 6.12. The summed E-state index contributed by atoms with van der Waals surface area (Å²) in [5.41, 5.74) is 5.79. The second-order valence-electron chi connectivity index (χ2n) is 6.18. The van der Waals surface area contributed by atoms with Gasteiger partial charge in [-0.1, -0.05) is 70.5 Å². The van der Waals surface area contributed by atoms with E-state index in [2.05, 4.69) is 134 Å². The number of rotatable bonds is 4. The first-order valence-corrected chi connectivity index (χ1v) is 10.6. The Balaban J connectivity index is 1.79. The molecule has 0 bridgehead atoms. The number of benzene rings is 4. The van der Waals surface area contributed by atoms with Crippen LogP contribution in [-0.2, 0) is 0 Å². The van der Waals surface area contributed by atoms with Gasteiger partial charge in [0.2, 0.25) is 0 Å². The molecule has 0 amide bonds. The molecule has 0 N–H and O–H groups in total. The number of anilines is 3. The Labute approximate surface area is 181 Å². The van der Waals surface area contributed by atoms with Gasteiger partial charge in [0.25, 0.3) is 0 Å². The lowest BCUT2D eigenvalue weighted by Crippen LogP contribution is -2.09. The van der Waals surface area contributed by atoms with Crippen LogP contribution in [0.1, 0.15) is 0 Å². The third-order valence-corrected chi connectivity index (χ3v) is 5.77. The molecule has 4 rings (SSSR count). The minimum absolute atomic E-state index is 1.08. The third kappa shape index (κ3) is 4.09. The molecule has 132 valence electrons. The lowest BCUT2D eigenvalue weighted by Gasteiger charge is -2.26. The van der Waals surface area contributed by atoms with Crippen molar-refractivity contribution in [1.82, 2.24) is 0 Å². The highest BCUT2D eigenvalue weighted by molar-refractivity contribution is 14.1. The first-order chi connectivity index (χ1) is 13.2. The van der Waals surface area contributed by atoms with Gasteiger partial charge >= 0.3 is 0 Å². The fourth-order valence-electron chi connectivity index (χ4n) is 3.11. The van der Waals surface area contributed by atoms with Crippen molar-refractivity contribution < 1.29 is 0 Å². The molecule has 0 radical (unpaired) electrons. The fourth-order valence-corrected chi connectivity index (χ4v) is 4.06. The highest BCUT2D eigenvalue weighted by Crippen LogP contribution is 2.38. The van der Waals surface area contributed by atoms with Crippen LogP contribution in [-0.4, -0.2) is 0 Å². The van der Waals surface area contributed by atoms with Crippen molar-refractivity contribution in [2.75, 3.05) is 4.90 Å². The first-order valence-electron chi connectivity index (χ1n) is 8.68. The standard InChI is InChI=1S/C24H17BrIN/c25-24-17-22(15-16-23(24)18-11-13-19(26)14-12-18)27(20-7-3-1-4-8-20)21-9-5-2-6-10-21/h1-17H. The van der Waals surface area contributed by atoms with E-state index in [9.17, 15) is 0 Å². The van der Waals surface area contributed by atoms with E-state index in [1.165, 1.54) is 14.7 Å². The molecule has 0 aliphatic carbocycles. The van der Waals surface area contributed by atoms with E-state index in [1.54, 1.807) is 0 Å². The zero-order valence-electron chi connectivity index (χ0n) is 14.5. The Morgan fingerprint density at radius 3 is 1.67 bits per heavy atom. The fraction of sp³-hybridized carbons (Fsp3) is 0. The molecule has 3 heteroatoms. The Hall–Kier alpha value is -2.11. The van der Waals surface area contributed by atoms with Crippen molar-refractivity contribution in [3.05, 3.63) is 111 Å². The summed E-state index contributed by atoms with van der Waals surface area (Å²) < 4.78 is 2.32. The Morgan fingerprint density at radius 1 is 0.593 bits per heavy atom. The highest BCUT2D eigenvalue weighted by Gasteiger charge is 2.13. The molecule has 4 aromatic carbocycles. The van der Waals surface area contributed by atoms with Crippen LogP contribution < -0.4 is 4.90 Å². The highest BCUT2D eigenvalue weighted by atomic mass is 127. The van der Waals surface area contributed by atoms with E-state index in [0.717, 1.165) is 21.5 Å². The molecular formula is C24H17BrIN. The summed E-state index contributed by atoms with van der Waals surface area (Å²) in [7, 11) is 0. The van der Waals surface area contributed by atoms with Gasteiger partial charge < -0.3 is 4.90 Å². The second-order valence-corrected chi connectivity index (χ2v) is 8.28. The van der Waals surface area contributed by atoms with Crippen LogP contribution in [0.5, 0.6) is 0 Å². The number of nitrogens with zero attached hydrogens (tertiary/aromatic N) is 1. The van der Waals surface area contributed by atoms with Crippen molar-refractivity contribution in [1.29, 1.82) is 0 Å². The van der Waals surface area contributed by atoms with E-state index in [-0.39, 0.29) is 0 Å². The second kappa shape index (κ2) is 8.28. The van der Waals surface area contributed by atoms with E-state index in [4.69, 9.17) is 0 Å². The molecular weight excluding hydrogens is 509 g/mol. The number of hydrogen-bond donors (Lipinski definition) is 0. The van der Waals surface area contributed by atoms with Gasteiger partial charge in [0, 0.05) is 25.1 Å². The summed E-state index contributed by atoms with van der Waals surface area (Å²) in [4.78, 5) is 2.27. The van der Waals surface area contributed by atoms with Crippen molar-refractivity contribution in [3.63, 3.8) is 0 Å².